The first-order chi connectivity index (χ1) is 9.13. The quantitative estimate of drug-likeness (QED) is 0.816. The van der Waals surface area contributed by atoms with Gasteiger partial charge in [-0.05, 0) is 37.1 Å². The van der Waals surface area contributed by atoms with Crippen molar-refractivity contribution in [2.45, 2.75) is 31.8 Å². The molecule has 1 amide bonds. The first kappa shape index (κ1) is 14.0. The fourth-order valence-electron chi connectivity index (χ4n) is 2.78. The Bertz CT molecular complexity index is 423. The van der Waals surface area contributed by atoms with Gasteiger partial charge in [0.2, 0.25) is 5.91 Å². The van der Waals surface area contributed by atoms with E-state index in [2.05, 4.69) is 16.8 Å². The number of hydrogen-bond donors (Lipinski definition) is 2. The lowest BCUT2D eigenvalue weighted by Gasteiger charge is -2.32. The summed E-state index contributed by atoms with van der Waals surface area (Å²) in [6, 6.07) is 4.18. The monoisotopic (exact) mass is 262 g/mol. The molecule has 4 N–H and O–H groups in total. The second-order valence-corrected chi connectivity index (χ2v) is 5.18. The van der Waals surface area contributed by atoms with Gasteiger partial charge >= 0.3 is 0 Å². The van der Waals surface area contributed by atoms with E-state index >= 15 is 0 Å². The van der Waals surface area contributed by atoms with Crippen molar-refractivity contribution in [3.63, 3.8) is 0 Å². The van der Waals surface area contributed by atoms with E-state index in [0.29, 0.717) is 6.54 Å². The first-order valence-electron chi connectivity index (χ1n) is 6.82. The summed E-state index contributed by atoms with van der Waals surface area (Å²) in [5.41, 5.74) is 12.8. The van der Waals surface area contributed by atoms with Crippen LogP contribution in [-0.4, -0.2) is 34.9 Å². The Morgan fingerprint density at radius 1 is 1.53 bits per heavy atom. The Labute approximate surface area is 114 Å². The molecule has 3 unspecified atom stereocenters. The van der Waals surface area contributed by atoms with Crippen LogP contribution in [0.25, 0.3) is 0 Å². The molecule has 2 rings (SSSR count). The summed E-state index contributed by atoms with van der Waals surface area (Å²) in [5.74, 6) is -0.255. The number of hydrogen-bond acceptors (Lipinski definition) is 4. The highest BCUT2D eigenvalue weighted by molar-refractivity contribution is 5.77. The number of rotatable bonds is 5. The molecular weight excluding hydrogens is 240 g/mol. The van der Waals surface area contributed by atoms with Gasteiger partial charge in [-0.2, -0.15) is 0 Å². The van der Waals surface area contributed by atoms with Crippen LogP contribution in [-0.2, 0) is 4.79 Å². The summed E-state index contributed by atoms with van der Waals surface area (Å²) in [4.78, 5) is 17.6. The normalized spacial score (nSPS) is 23.2. The molecule has 19 heavy (non-hydrogen) atoms. The zero-order valence-electron chi connectivity index (χ0n) is 11.3. The van der Waals surface area contributed by atoms with Gasteiger partial charge in [0.1, 0.15) is 0 Å². The van der Waals surface area contributed by atoms with Gasteiger partial charge < -0.3 is 11.5 Å². The van der Waals surface area contributed by atoms with Gasteiger partial charge in [-0.3, -0.25) is 14.7 Å². The summed E-state index contributed by atoms with van der Waals surface area (Å²) in [6.45, 7) is 3.66. The van der Waals surface area contributed by atoms with Crippen LogP contribution in [0.3, 0.4) is 0 Å². The molecule has 0 aliphatic carbocycles. The lowest BCUT2D eigenvalue weighted by atomic mass is 9.97. The molecule has 5 heteroatoms. The molecule has 0 bridgehead atoms. The number of amides is 1. The van der Waals surface area contributed by atoms with Gasteiger partial charge in [0.05, 0.1) is 5.92 Å². The molecule has 0 radical (unpaired) electrons. The van der Waals surface area contributed by atoms with Crippen LogP contribution < -0.4 is 11.5 Å². The first-order valence-corrected chi connectivity index (χ1v) is 6.82. The van der Waals surface area contributed by atoms with Gasteiger partial charge in [0.25, 0.3) is 0 Å². The van der Waals surface area contributed by atoms with Crippen LogP contribution in [0.15, 0.2) is 24.5 Å². The second kappa shape index (κ2) is 6.12. The Morgan fingerprint density at radius 3 is 2.74 bits per heavy atom. The van der Waals surface area contributed by atoms with Crippen LogP contribution in [0.4, 0.5) is 0 Å². The van der Waals surface area contributed by atoms with Crippen molar-refractivity contribution in [2.75, 3.05) is 13.1 Å². The zero-order chi connectivity index (χ0) is 13.8. The molecule has 2 heterocycles. The lowest BCUT2D eigenvalue weighted by Crippen LogP contribution is -2.40. The Balaban J connectivity index is 2.18. The van der Waals surface area contributed by atoms with Crippen LogP contribution in [0, 0.1) is 5.92 Å². The maximum Gasteiger partial charge on any atom is 0.221 e. The predicted octanol–water partition coefficient (Wildman–Crippen LogP) is 0.667. The van der Waals surface area contributed by atoms with E-state index < -0.39 is 0 Å². The van der Waals surface area contributed by atoms with Crippen LogP contribution in [0.5, 0.6) is 0 Å². The number of nitrogens with two attached hydrogens (primary N) is 2. The molecule has 0 saturated carbocycles. The van der Waals surface area contributed by atoms with Gasteiger partial charge in [0.15, 0.2) is 0 Å². The van der Waals surface area contributed by atoms with Gasteiger partial charge in [0, 0.05) is 31.0 Å². The van der Waals surface area contributed by atoms with E-state index in [1.54, 1.807) is 12.4 Å². The SMILES string of the molecule is CCC(N)C(c1ccncc1)N1CCC(C(N)=O)C1. The molecule has 1 fully saturated rings. The Hall–Kier alpha value is -1.46. The summed E-state index contributed by atoms with van der Waals surface area (Å²) in [5, 5.41) is 0. The average Bonchev–Trinajstić information content (AvgIpc) is 2.89. The molecular formula is C14H22N4O. The summed E-state index contributed by atoms with van der Waals surface area (Å²) < 4.78 is 0. The zero-order valence-corrected chi connectivity index (χ0v) is 11.3. The molecule has 1 aromatic rings. The number of aromatic nitrogens is 1. The number of primary amides is 1. The fourth-order valence-corrected chi connectivity index (χ4v) is 2.78. The number of likely N-dealkylation sites (tertiary alicyclic amines) is 1. The molecule has 5 nitrogen and oxygen atoms in total. The van der Waals surface area contributed by atoms with Crippen molar-refractivity contribution in [3.05, 3.63) is 30.1 Å². The van der Waals surface area contributed by atoms with Crippen molar-refractivity contribution < 1.29 is 4.79 Å². The van der Waals surface area contributed by atoms with E-state index in [0.717, 1.165) is 24.9 Å². The van der Waals surface area contributed by atoms with E-state index in [1.165, 1.54) is 0 Å². The molecule has 0 aromatic carbocycles. The maximum atomic E-state index is 11.3. The molecule has 104 valence electrons. The van der Waals surface area contributed by atoms with Crippen molar-refractivity contribution in [1.29, 1.82) is 0 Å². The van der Waals surface area contributed by atoms with Crippen LogP contribution in [0.2, 0.25) is 0 Å². The van der Waals surface area contributed by atoms with Crippen molar-refractivity contribution >= 4 is 5.91 Å². The summed E-state index contributed by atoms with van der Waals surface area (Å²) in [7, 11) is 0. The molecule has 1 aliphatic rings. The average molecular weight is 262 g/mol. The third kappa shape index (κ3) is 3.11. The highest BCUT2D eigenvalue weighted by Crippen LogP contribution is 2.30. The summed E-state index contributed by atoms with van der Waals surface area (Å²) >= 11 is 0. The molecule has 1 aliphatic heterocycles. The smallest absolute Gasteiger partial charge is 0.221 e. The number of pyridine rings is 1. The van der Waals surface area contributed by atoms with Crippen molar-refractivity contribution in [3.8, 4) is 0 Å². The minimum atomic E-state index is -0.207. The van der Waals surface area contributed by atoms with E-state index in [1.807, 2.05) is 12.1 Å². The third-order valence-corrected chi connectivity index (χ3v) is 3.94. The Kier molecular flexibility index (Phi) is 4.50. The lowest BCUT2D eigenvalue weighted by molar-refractivity contribution is -0.121. The third-order valence-electron chi connectivity index (χ3n) is 3.94. The standard InChI is InChI=1S/C14H22N4O/c1-2-12(15)13(10-3-6-17-7-4-10)18-8-5-11(9-18)14(16)19/h3-4,6-7,11-13H,2,5,8-9,15H2,1H3,(H2,16,19). The van der Waals surface area contributed by atoms with Crippen LogP contribution in [0.1, 0.15) is 31.4 Å². The van der Waals surface area contributed by atoms with Gasteiger partial charge in [-0.1, -0.05) is 6.92 Å². The fraction of sp³-hybridized carbons (Fsp3) is 0.571. The van der Waals surface area contributed by atoms with E-state index in [-0.39, 0.29) is 23.9 Å². The van der Waals surface area contributed by atoms with E-state index in [9.17, 15) is 4.79 Å². The topological polar surface area (TPSA) is 85.2 Å². The van der Waals surface area contributed by atoms with Gasteiger partial charge in [-0.25, -0.2) is 0 Å². The number of carbonyl (C=O) groups excluding carboxylic acids is 1. The van der Waals surface area contributed by atoms with Crippen molar-refractivity contribution in [2.24, 2.45) is 17.4 Å². The highest BCUT2D eigenvalue weighted by atomic mass is 16.1. The number of carbonyl (C=O) groups is 1. The maximum absolute atomic E-state index is 11.3. The predicted molar refractivity (Wildman–Crippen MR) is 74.1 cm³/mol. The largest absolute Gasteiger partial charge is 0.369 e. The molecule has 1 saturated heterocycles. The minimum absolute atomic E-state index is 0.0478. The van der Waals surface area contributed by atoms with Gasteiger partial charge in [-0.15, -0.1) is 0 Å². The summed E-state index contributed by atoms with van der Waals surface area (Å²) in [6.07, 6.45) is 5.29. The Morgan fingerprint density at radius 2 is 2.21 bits per heavy atom. The van der Waals surface area contributed by atoms with Crippen LogP contribution >= 0.6 is 0 Å². The second-order valence-electron chi connectivity index (χ2n) is 5.18. The minimum Gasteiger partial charge on any atom is -0.369 e. The number of nitrogens with zero attached hydrogens (tertiary/aromatic N) is 2. The molecule has 3 atom stereocenters. The van der Waals surface area contributed by atoms with Crippen molar-refractivity contribution in [1.82, 2.24) is 9.88 Å². The molecule has 1 aromatic heterocycles. The highest BCUT2D eigenvalue weighted by Gasteiger charge is 2.34. The molecule has 0 spiro atoms. The van der Waals surface area contributed by atoms with E-state index in [4.69, 9.17) is 11.5 Å².